The third-order valence-electron chi connectivity index (χ3n) is 2.37. The van der Waals surface area contributed by atoms with Gasteiger partial charge in [-0.15, -0.1) is 0 Å². The van der Waals surface area contributed by atoms with Crippen LogP contribution in [0.3, 0.4) is 0 Å². The van der Waals surface area contributed by atoms with Gasteiger partial charge < -0.3 is 9.64 Å². The van der Waals surface area contributed by atoms with Gasteiger partial charge in [-0.25, -0.2) is 0 Å². The molecule has 1 N–H and O–H groups in total. The van der Waals surface area contributed by atoms with Crippen LogP contribution in [0.25, 0.3) is 0 Å². The third-order valence-corrected chi connectivity index (χ3v) is 2.37. The topological polar surface area (TPSA) is 41.6 Å². The van der Waals surface area contributed by atoms with E-state index >= 15 is 0 Å². The van der Waals surface area contributed by atoms with Crippen molar-refractivity contribution in [2.45, 2.75) is 31.3 Å². The average Bonchev–Trinajstić information content (AvgIpc) is 2.85. The number of nitrogens with zero attached hydrogens (tertiary/aromatic N) is 1. The van der Waals surface area contributed by atoms with Crippen molar-refractivity contribution >= 4 is 5.97 Å². The van der Waals surface area contributed by atoms with E-state index in [1.54, 1.807) is 0 Å². The number of likely N-dealkylation sites (N-methyl/N-ethyl adjacent to an activating group) is 1. The average molecular weight is 200 g/mol. The smallest absolute Gasteiger partial charge is 0.327 e. The zero-order valence-corrected chi connectivity index (χ0v) is 9.46. The summed E-state index contributed by atoms with van der Waals surface area (Å²) in [6, 6.07) is 0.499. The van der Waals surface area contributed by atoms with Crippen LogP contribution in [0.5, 0.6) is 0 Å². The summed E-state index contributed by atoms with van der Waals surface area (Å²) in [4.78, 5) is 13.6. The molecule has 1 aliphatic rings. The Morgan fingerprint density at radius 3 is 2.50 bits per heavy atom. The predicted octanol–water partition coefficient (Wildman–Crippen LogP) is 0.232. The Morgan fingerprint density at radius 2 is 2.14 bits per heavy atom. The molecule has 0 aromatic heterocycles. The van der Waals surface area contributed by atoms with Gasteiger partial charge in [0.15, 0.2) is 0 Å². The molecule has 0 heterocycles. The fourth-order valence-corrected chi connectivity index (χ4v) is 1.71. The molecule has 0 amide bonds. The molecule has 14 heavy (non-hydrogen) atoms. The van der Waals surface area contributed by atoms with Crippen LogP contribution in [-0.2, 0) is 9.53 Å². The first-order valence-electron chi connectivity index (χ1n) is 4.99. The lowest BCUT2D eigenvalue weighted by Gasteiger charge is -2.30. The van der Waals surface area contributed by atoms with E-state index in [2.05, 4.69) is 5.32 Å². The van der Waals surface area contributed by atoms with Gasteiger partial charge in [0.05, 0.1) is 7.11 Å². The van der Waals surface area contributed by atoms with Gasteiger partial charge in [-0.05, 0) is 33.9 Å². The van der Waals surface area contributed by atoms with E-state index in [1.807, 2.05) is 25.9 Å². The quantitative estimate of drug-likeness (QED) is 0.645. The van der Waals surface area contributed by atoms with E-state index in [4.69, 9.17) is 4.74 Å². The number of esters is 1. The first kappa shape index (κ1) is 11.5. The highest BCUT2D eigenvalue weighted by molar-refractivity contribution is 5.80. The molecule has 4 nitrogen and oxygen atoms in total. The molecule has 0 bridgehead atoms. The number of rotatable bonds is 5. The minimum atomic E-state index is -0.570. The molecule has 82 valence electrons. The number of hydrogen-bond donors (Lipinski definition) is 1. The number of nitrogens with one attached hydrogen (secondary N) is 1. The highest BCUT2D eigenvalue weighted by atomic mass is 16.5. The van der Waals surface area contributed by atoms with Gasteiger partial charge >= 0.3 is 5.97 Å². The zero-order valence-electron chi connectivity index (χ0n) is 9.46. The molecule has 0 aromatic rings. The van der Waals surface area contributed by atoms with Crippen molar-refractivity contribution in [3.05, 3.63) is 0 Å². The molecule has 4 heteroatoms. The van der Waals surface area contributed by atoms with Gasteiger partial charge in [0.1, 0.15) is 5.54 Å². The number of hydrogen-bond acceptors (Lipinski definition) is 4. The van der Waals surface area contributed by atoms with Crippen molar-refractivity contribution < 1.29 is 9.53 Å². The molecule has 1 atom stereocenters. The Labute approximate surface area is 85.6 Å². The fraction of sp³-hybridized carbons (Fsp3) is 0.900. The van der Waals surface area contributed by atoms with Crippen LogP contribution >= 0.6 is 0 Å². The molecule has 1 unspecified atom stereocenters. The van der Waals surface area contributed by atoms with Crippen molar-refractivity contribution in [2.24, 2.45) is 0 Å². The Hall–Kier alpha value is -0.610. The summed E-state index contributed by atoms with van der Waals surface area (Å²) >= 11 is 0. The SMILES string of the molecule is COC(=O)C(C)(CN(C)C)NC1CC1. The molecule has 0 aromatic carbocycles. The first-order chi connectivity index (χ1) is 6.48. The summed E-state index contributed by atoms with van der Waals surface area (Å²) in [6.07, 6.45) is 2.33. The highest BCUT2D eigenvalue weighted by Crippen LogP contribution is 2.23. The Balaban J connectivity index is 2.60. The Kier molecular flexibility index (Phi) is 3.50. The van der Waals surface area contributed by atoms with Gasteiger partial charge in [-0.1, -0.05) is 0 Å². The van der Waals surface area contributed by atoms with Gasteiger partial charge in [-0.2, -0.15) is 0 Å². The van der Waals surface area contributed by atoms with Crippen LogP contribution in [0, 0.1) is 0 Å². The van der Waals surface area contributed by atoms with Crippen molar-refractivity contribution in [2.75, 3.05) is 27.7 Å². The number of methoxy groups -OCH3 is 1. The Morgan fingerprint density at radius 1 is 1.57 bits per heavy atom. The Bertz CT molecular complexity index is 208. The van der Waals surface area contributed by atoms with Gasteiger partial charge in [-0.3, -0.25) is 10.1 Å². The number of carbonyl (C=O) groups is 1. The molecule has 0 radical (unpaired) electrons. The van der Waals surface area contributed by atoms with Gasteiger partial charge in [0, 0.05) is 12.6 Å². The predicted molar refractivity (Wildman–Crippen MR) is 55.1 cm³/mol. The molecule has 1 aliphatic carbocycles. The molecule has 1 rings (SSSR count). The maximum Gasteiger partial charge on any atom is 0.327 e. The summed E-state index contributed by atoms with van der Waals surface area (Å²) in [5.41, 5.74) is -0.570. The summed E-state index contributed by atoms with van der Waals surface area (Å²) in [6.45, 7) is 2.56. The van der Waals surface area contributed by atoms with Crippen LogP contribution in [0.4, 0.5) is 0 Å². The van der Waals surface area contributed by atoms with Gasteiger partial charge in [0.2, 0.25) is 0 Å². The molecule has 1 saturated carbocycles. The van der Waals surface area contributed by atoms with E-state index in [-0.39, 0.29) is 5.97 Å². The van der Waals surface area contributed by atoms with Gasteiger partial charge in [0.25, 0.3) is 0 Å². The molecular formula is C10H20N2O2. The van der Waals surface area contributed by atoms with E-state index in [0.29, 0.717) is 12.6 Å². The summed E-state index contributed by atoms with van der Waals surface area (Å²) < 4.78 is 4.82. The van der Waals surface area contributed by atoms with Crippen molar-refractivity contribution in [3.63, 3.8) is 0 Å². The fourth-order valence-electron chi connectivity index (χ4n) is 1.71. The van der Waals surface area contributed by atoms with Crippen LogP contribution in [-0.4, -0.2) is 50.2 Å². The monoisotopic (exact) mass is 200 g/mol. The minimum absolute atomic E-state index is 0.182. The normalized spacial score (nSPS) is 20.6. The van der Waals surface area contributed by atoms with Crippen LogP contribution in [0.1, 0.15) is 19.8 Å². The molecule has 0 aliphatic heterocycles. The maximum absolute atomic E-state index is 11.6. The minimum Gasteiger partial charge on any atom is -0.468 e. The second-order valence-electron chi connectivity index (χ2n) is 4.48. The van der Waals surface area contributed by atoms with E-state index in [0.717, 1.165) is 0 Å². The van der Waals surface area contributed by atoms with Crippen LogP contribution < -0.4 is 5.32 Å². The van der Waals surface area contributed by atoms with Crippen LogP contribution in [0.2, 0.25) is 0 Å². The lowest BCUT2D eigenvalue weighted by Crippen LogP contribution is -2.57. The summed E-state index contributed by atoms with van der Waals surface area (Å²) in [5.74, 6) is -0.182. The molecular weight excluding hydrogens is 180 g/mol. The second kappa shape index (κ2) is 4.28. The van der Waals surface area contributed by atoms with E-state index in [1.165, 1.54) is 20.0 Å². The van der Waals surface area contributed by atoms with E-state index < -0.39 is 5.54 Å². The molecule has 1 fully saturated rings. The molecule has 0 spiro atoms. The van der Waals surface area contributed by atoms with Crippen molar-refractivity contribution in [3.8, 4) is 0 Å². The highest BCUT2D eigenvalue weighted by Gasteiger charge is 2.39. The summed E-state index contributed by atoms with van der Waals surface area (Å²) in [5, 5.41) is 3.33. The molecule has 0 saturated heterocycles. The van der Waals surface area contributed by atoms with E-state index in [9.17, 15) is 4.79 Å². The summed E-state index contributed by atoms with van der Waals surface area (Å²) in [7, 11) is 5.34. The van der Waals surface area contributed by atoms with Crippen molar-refractivity contribution in [1.82, 2.24) is 10.2 Å². The lowest BCUT2D eigenvalue weighted by atomic mass is 10.0. The first-order valence-corrected chi connectivity index (χ1v) is 4.99. The largest absolute Gasteiger partial charge is 0.468 e. The standard InChI is InChI=1S/C10H20N2O2/c1-10(7-12(2)3,9(13)14-4)11-8-5-6-8/h8,11H,5-7H2,1-4H3. The second-order valence-corrected chi connectivity index (χ2v) is 4.48. The zero-order chi connectivity index (χ0) is 10.8. The number of ether oxygens (including phenoxy) is 1. The third kappa shape index (κ3) is 2.96. The number of carbonyl (C=O) groups excluding carboxylic acids is 1. The maximum atomic E-state index is 11.6. The van der Waals surface area contributed by atoms with Crippen LogP contribution in [0.15, 0.2) is 0 Å². The lowest BCUT2D eigenvalue weighted by molar-refractivity contribution is -0.148. The van der Waals surface area contributed by atoms with Crippen molar-refractivity contribution in [1.29, 1.82) is 0 Å².